The van der Waals surface area contributed by atoms with E-state index in [0.29, 0.717) is 31.0 Å². The molecule has 0 bridgehead atoms. The van der Waals surface area contributed by atoms with Crippen molar-refractivity contribution in [3.63, 3.8) is 0 Å². The van der Waals surface area contributed by atoms with E-state index in [9.17, 15) is 4.79 Å². The molecule has 36 valence electrons. The Labute approximate surface area is 61.9 Å². The molecule has 0 aliphatic heterocycles. The third kappa shape index (κ3) is 3.27. The average Bonchev–Trinajstić information content (AvgIpc) is 1.31. The van der Waals surface area contributed by atoms with Gasteiger partial charge in [-0.05, 0) is 0 Å². The molecule has 0 rings (SSSR count). The van der Waals surface area contributed by atoms with Crippen LogP contribution in [0.5, 0.6) is 0 Å². The fourth-order valence-electron chi connectivity index (χ4n) is 0. The summed E-state index contributed by atoms with van der Waals surface area (Å²) in [6.07, 6.45) is 0. The molecule has 0 spiro atoms. The van der Waals surface area contributed by atoms with Crippen molar-refractivity contribution >= 4 is 31.0 Å². The second-order valence-corrected chi connectivity index (χ2v) is 3.71. The molecule has 2 heteroatoms. The van der Waals surface area contributed by atoms with Crippen LogP contribution in [0.4, 0.5) is 0 Å². The Morgan fingerprint density at radius 2 is 1.57 bits per heavy atom. The van der Waals surface area contributed by atoms with Crippen molar-refractivity contribution in [2.75, 3.05) is 0 Å². The van der Waals surface area contributed by atoms with E-state index in [4.69, 9.17) is 0 Å². The van der Waals surface area contributed by atoms with Gasteiger partial charge in [-0.25, -0.2) is 0 Å². The maximum atomic E-state index is 10.5. The van der Waals surface area contributed by atoms with Gasteiger partial charge in [-0.3, -0.25) is 0 Å². The van der Waals surface area contributed by atoms with E-state index in [1.54, 1.807) is 0 Å². The van der Waals surface area contributed by atoms with E-state index in [0.717, 1.165) is 0 Å². The molecule has 0 aliphatic rings. The molecule has 0 heterocycles. The Morgan fingerprint density at radius 3 is 1.57 bits per heavy atom. The van der Waals surface area contributed by atoms with Crippen molar-refractivity contribution in [1.82, 2.24) is 0 Å². The molecule has 0 saturated heterocycles. The van der Waals surface area contributed by atoms with E-state index in [2.05, 4.69) is 0 Å². The molecule has 0 atom stereocenters. The molecule has 0 N–H and O–H groups in total. The van der Waals surface area contributed by atoms with Crippen LogP contribution in [-0.4, -0.2) is 31.0 Å². The van der Waals surface area contributed by atoms with Crippen LogP contribution in [0.25, 0.3) is 0 Å². The van der Waals surface area contributed by atoms with E-state index < -0.39 is 0 Å². The first kappa shape index (κ1) is 7.67. The quantitative estimate of drug-likeness (QED) is 0.418. The topological polar surface area (TPSA) is 17.1 Å². The maximum absolute atomic E-state index is 10.5. The molecule has 0 unspecified atom stereocenters. The molecule has 0 fully saturated rings. The van der Waals surface area contributed by atoms with Gasteiger partial charge >= 0.3 is 61.9 Å². The molecule has 1 nitrogen and oxygen atoms in total. The van der Waals surface area contributed by atoms with Crippen LogP contribution < -0.4 is 0 Å². The van der Waals surface area contributed by atoms with Gasteiger partial charge in [-0.1, -0.05) is 0 Å². The van der Waals surface area contributed by atoms with Gasteiger partial charge in [0.15, 0.2) is 0 Å². The van der Waals surface area contributed by atoms with Crippen molar-refractivity contribution in [3.05, 3.63) is 0 Å². The summed E-state index contributed by atoms with van der Waals surface area (Å²) in [5.74, 6) is 0. The standard InChI is InChI=1S/C5H9O.Na/c1-5(2,3)4-6;/h1-3H3;. The van der Waals surface area contributed by atoms with E-state index in [1.807, 2.05) is 20.8 Å². The van der Waals surface area contributed by atoms with Crippen LogP contribution in [-0.2, 0) is 4.79 Å². The van der Waals surface area contributed by atoms with Gasteiger partial charge in [0.2, 0.25) is 0 Å². The van der Waals surface area contributed by atoms with Gasteiger partial charge in [-0.2, -0.15) is 0 Å². The normalized spacial score (nSPS) is 11.6. The second-order valence-electron chi connectivity index (χ2n) is 2.81. The average molecular weight is 108 g/mol. The SMILES string of the molecule is CC(C)(C)[C](=O)[Na]. The fraction of sp³-hybridized carbons (Fsp3) is 0.800. The molecule has 0 aliphatic carbocycles. The van der Waals surface area contributed by atoms with Crippen molar-refractivity contribution < 1.29 is 4.79 Å². The predicted molar refractivity (Wildman–Crippen MR) is 30.2 cm³/mol. The summed E-state index contributed by atoms with van der Waals surface area (Å²) < 4.78 is 0.382. The van der Waals surface area contributed by atoms with Crippen molar-refractivity contribution in [2.45, 2.75) is 20.8 Å². The summed E-state index contributed by atoms with van der Waals surface area (Å²) in [7, 11) is 0. The van der Waals surface area contributed by atoms with Crippen molar-refractivity contribution in [3.8, 4) is 0 Å². The van der Waals surface area contributed by atoms with Crippen LogP contribution in [0.2, 0.25) is 0 Å². The van der Waals surface area contributed by atoms with Crippen LogP contribution in [0, 0.1) is 5.41 Å². The van der Waals surface area contributed by atoms with Gasteiger partial charge < -0.3 is 0 Å². The van der Waals surface area contributed by atoms with Crippen LogP contribution in [0.3, 0.4) is 0 Å². The number of carbonyl (C=O) groups is 1. The number of hydrogen-bond donors (Lipinski definition) is 0. The van der Waals surface area contributed by atoms with Gasteiger partial charge in [0.25, 0.3) is 0 Å². The Hall–Kier alpha value is 0.670. The van der Waals surface area contributed by atoms with Gasteiger partial charge in [0.05, 0.1) is 0 Å². The molecular formula is C5H9NaO. The molecule has 0 aromatic carbocycles. The Bertz CT molecular complexity index is 80.6. The summed E-state index contributed by atoms with van der Waals surface area (Å²) in [4.78, 5) is 10.5. The molecule has 0 radical (unpaired) electrons. The van der Waals surface area contributed by atoms with Crippen molar-refractivity contribution in [2.24, 2.45) is 5.41 Å². The van der Waals surface area contributed by atoms with Gasteiger partial charge in [0, 0.05) is 0 Å². The van der Waals surface area contributed by atoms with Crippen LogP contribution in [0.1, 0.15) is 20.8 Å². The second kappa shape index (κ2) is 2.29. The zero-order valence-corrected chi connectivity index (χ0v) is 7.41. The minimum atomic E-state index is -0.0772. The monoisotopic (exact) mass is 108 g/mol. The van der Waals surface area contributed by atoms with Gasteiger partial charge in [-0.15, -0.1) is 0 Å². The fourth-order valence-corrected chi connectivity index (χ4v) is 0. The zero-order chi connectivity index (χ0) is 6.08. The number of hydrogen-bond acceptors (Lipinski definition) is 1. The Kier molecular flexibility index (Phi) is 2.51. The molecule has 7 heavy (non-hydrogen) atoms. The summed E-state index contributed by atoms with van der Waals surface area (Å²) in [6, 6.07) is 0. The van der Waals surface area contributed by atoms with E-state index in [1.165, 1.54) is 0 Å². The summed E-state index contributed by atoms with van der Waals surface area (Å²) in [6.45, 7) is 5.84. The minimum absolute atomic E-state index is 0.0772. The third-order valence-corrected chi connectivity index (χ3v) is 2.56. The molecule has 0 aromatic heterocycles. The summed E-state index contributed by atoms with van der Waals surface area (Å²) in [5.41, 5.74) is -0.0772. The summed E-state index contributed by atoms with van der Waals surface area (Å²) in [5, 5.41) is 0. The molecular weight excluding hydrogens is 99.0 g/mol. The Balaban J connectivity index is 3.79. The zero-order valence-electron chi connectivity index (χ0n) is 5.41. The first-order chi connectivity index (χ1) is 2.94. The van der Waals surface area contributed by atoms with E-state index >= 15 is 0 Å². The summed E-state index contributed by atoms with van der Waals surface area (Å²) >= 11 is 0.689. The molecule has 0 aromatic rings. The first-order valence-electron chi connectivity index (χ1n) is 2.45. The molecule has 0 amide bonds. The van der Waals surface area contributed by atoms with Crippen LogP contribution >= 0.6 is 0 Å². The van der Waals surface area contributed by atoms with E-state index in [-0.39, 0.29) is 5.41 Å². The molecule has 0 saturated carbocycles. The van der Waals surface area contributed by atoms with Gasteiger partial charge in [0.1, 0.15) is 0 Å². The Morgan fingerprint density at radius 1 is 1.43 bits per heavy atom. The third-order valence-electron chi connectivity index (χ3n) is 1.06. The van der Waals surface area contributed by atoms with Crippen LogP contribution in [0.15, 0.2) is 0 Å². The first-order valence-corrected chi connectivity index (χ1v) is 3.45. The number of rotatable bonds is 0. The number of carbonyl (C=O) groups excluding carboxylic acids is 1. The van der Waals surface area contributed by atoms with Crippen molar-refractivity contribution in [1.29, 1.82) is 0 Å². The predicted octanol–water partition coefficient (Wildman–Crippen LogP) is 0.728.